The largest absolute Gasteiger partial charge is 1.00 e. The molecule has 0 fully saturated rings. The van der Waals surface area contributed by atoms with Gasteiger partial charge in [0.15, 0.2) is 20.0 Å². The van der Waals surface area contributed by atoms with Gasteiger partial charge in [-0.1, -0.05) is 30.1 Å². The zero-order valence-electron chi connectivity index (χ0n) is 11.4. The van der Waals surface area contributed by atoms with Gasteiger partial charge in [0.05, 0.1) is 5.02 Å². The summed E-state index contributed by atoms with van der Waals surface area (Å²) in [5, 5.41) is 0.609. The van der Waals surface area contributed by atoms with E-state index in [4.69, 9.17) is 32.8 Å². The van der Waals surface area contributed by atoms with Crippen molar-refractivity contribution in [1.29, 1.82) is 0 Å². The van der Waals surface area contributed by atoms with E-state index < -0.39 is 26.0 Å². The fraction of sp³-hybridized carbons (Fsp3) is 0.364. The number of hydrogen-bond donors (Lipinski definition) is 1. The Bertz CT molecular complexity index is 535. The molecule has 2 unspecified atom stereocenters. The second-order valence-corrected chi connectivity index (χ2v) is 6.33. The summed E-state index contributed by atoms with van der Waals surface area (Å²) in [7, 11) is -4.73. The van der Waals surface area contributed by atoms with E-state index in [0.29, 0.717) is 5.02 Å². The van der Waals surface area contributed by atoms with Crippen LogP contribution in [0, 0.1) is 0 Å². The van der Waals surface area contributed by atoms with Gasteiger partial charge < -0.3 is 23.8 Å². The Balaban J connectivity index is 0.00000400. The molecule has 0 aliphatic heterocycles. The molecule has 0 aliphatic rings. The van der Waals surface area contributed by atoms with Crippen molar-refractivity contribution >= 4 is 36.8 Å². The van der Waals surface area contributed by atoms with E-state index in [1.165, 1.54) is 25.1 Å². The van der Waals surface area contributed by atoms with E-state index in [-0.39, 0.29) is 68.6 Å². The standard InChI is InChI=1S/C11H13Cl2O6P.K/c1-2-11(20(15,16)17)19-10(14)6-18-9-4-3-7(12)5-8(9)13;/h3-5,11H,2,6H2,1H3,(H2,15,16,17);/q;+1/p-1. The summed E-state index contributed by atoms with van der Waals surface area (Å²) in [5.74, 6) is -2.32. The molecule has 112 valence electrons. The van der Waals surface area contributed by atoms with Crippen LogP contribution in [0.1, 0.15) is 13.3 Å². The minimum Gasteiger partial charge on any atom is -0.776 e. The molecule has 0 amide bonds. The van der Waals surface area contributed by atoms with E-state index in [9.17, 15) is 14.3 Å². The quantitative estimate of drug-likeness (QED) is 0.394. The van der Waals surface area contributed by atoms with Crippen LogP contribution < -0.4 is 61.0 Å². The first-order chi connectivity index (χ1) is 9.24. The SMILES string of the molecule is CCC(OC(=O)COc1ccc(Cl)cc1Cl)P(=O)([O-])O.[K+]. The molecule has 10 heteroatoms. The van der Waals surface area contributed by atoms with Crippen LogP contribution in [0.5, 0.6) is 5.75 Å². The molecule has 0 radical (unpaired) electrons. The van der Waals surface area contributed by atoms with Crippen molar-refractivity contribution < 1.29 is 80.0 Å². The molecular formula is C11H12Cl2KO6P. The van der Waals surface area contributed by atoms with E-state index in [1.807, 2.05) is 0 Å². The number of carbonyl (C=O) groups excluding carboxylic acids is 1. The van der Waals surface area contributed by atoms with Gasteiger partial charge in [-0.05, 0) is 24.6 Å². The Hall–Kier alpha value is 0.856. The molecule has 0 aliphatic carbocycles. The summed E-state index contributed by atoms with van der Waals surface area (Å²) in [4.78, 5) is 31.1. The first-order valence-corrected chi connectivity index (χ1v) is 7.95. The first-order valence-electron chi connectivity index (χ1n) is 5.55. The number of benzene rings is 1. The van der Waals surface area contributed by atoms with Crippen molar-refractivity contribution in [3.63, 3.8) is 0 Å². The monoisotopic (exact) mass is 380 g/mol. The molecule has 1 rings (SSSR count). The summed E-state index contributed by atoms with van der Waals surface area (Å²) >= 11 is 11.5. The second kappa shape index (κ2) is 9.88. The van der Waals surface area contributed by atoms with Crippen molar-refractivity contribution in [2.45, 2.75) is 19.2 Å². The van der Waals surface area contributed by atoms with Crippen LogP contribution in [0.2, 0.25) is 10.0 Å². The molecule has 1 N–H and O–H groups in total. The fourth-order valence-corrected chi connectivity index (χ4v) is 2.47. The fourth-order valence-electron chi connectivity index (χ4n) is 1.30. The van der Waals surface area contributed by atoms with Gasteiger partial charge in [0.25, 0.3) is 0 Å². The molecule has 0 saturated heterocycles. The first kappa shape index (κ1) is 21.9. The van der Waals surface area contributed by atoms with Crippen LogP contribution in [0.15, 0.2) is 18.2 Å². The summed E-state index contributed by atoms with van der Waals surface area (Å²) in [6, 6.07) is 4.40. The van der Waals surface area contributed by atoms with Gasteiger partial charge in [0, 0.05) is 5.02 Å². The predicted molar refractivity (Wildman–Crippen MR) is 72.0 cm³/mol. The van der Waals surface area contributed by atoms with Crippen LogP contribution in [-0.4, -0.2) is 23.3 Å². The Labute approximate surface area is 174 Å². The summed E-state index contributed by atoms with van der Waals surface area (Å²) in [5.41, 5.74) is 0. The minimum atomic E-state index is -4.73. The van der Waals surface area contributed by atoms with Crippen LogP contribution in [0.4, 0.5) is 0 Å². The van der Waals surface area contributed by atoms with Crippen molar-refractivity contribution in [2.24, 2.45) is 0 Å². The molecule has 21 heavy (non-hydrogen) atoms. The maximum absolute atomic E-state index is 11.4. The minimum absolute atomic E-state index is 0. The van der Waals surface area contributed by atoms with Crippen LogP contribution in [0.3, 0.4) is 0 Å². The maximum Gasteiger partial charge on any atom is 1.00 e. The van der Waals surface area contributed by atoms with Crippen LogP contribution in [-0.2, 0) is 14.1 Å². The van der Waals surface area contributed by atoms with Crippen LogP contribution in [0.25, 0.3) is 0 Å². The number of carbonyl (C=O) groups is 1. The molecule has 0 saturated carbocycles. The number of rotatable bonds is 6. The molecule has 6 nitrogen and oxygen atoms in total. The smallest absolute Gasteiger partial charge is 0.776 e. The Morgan fingerprint density at radius 2 is 2.10 bits per heavy atom. The Morgan fingerprint density at radius 1 is 1.48 bits per heavy atom. The van der Waals surface area contributed by atoms with Gasteiger partial charge in [-0.25, -0.2) is 4.79 Å². The summed E-state index contributed by atoms with van der Waals surface area (Å²) in [6.07, 6.45) is -0.0648. The van der Waals surface area contributed by atoms with E-state index in [1.54, 1.807) is 0 Å². The number of halogens is 2. The Kier molecular flexibility index (Phi) is 10.3. The third kappa shape index (κ3) is 7.79. The van der Waals surface area contributed by atoms with Crippen molar-refractivity contribution in [3.05, 3.63) is 28.2 Å². The topological polar surface area (TPSA) is 95.9 Å². The maximum atomic E-state index is 11.4. The van der Waals surface area contributed by atoms with Crippen LogP contribution >= 0.6 is 30.8 Å². The normalized spacial score (nSPS) is 14.5. The van der Waals surface area contributed by atoms with Gasteiger partial charge in [0.2, 0.25) is 0 Å². The number of esters is 1. The zero-order valence-corrected chi connectivity index (χ0v) is 16.9. The number of hydrogen-bond acceptors (Lipinski definition) is 5. The van der Waals surface area contributed by atoms with Crippen molar-refractivity contribution in [1.82, 2.24) is 0 Å². The van der Waals surface area contributed by atoms with E-state index >= 15 is 0 Å². The van der Waals surface area contributed by atoms with Gasteiger partial charge in [-0.3, -0.25) is 0 Å². The van der Waals surface area contributed by atoms with E-state index in [0.717, 1.165) is 0 Å². The molecule has 0 heterocycles. The average molecular weight is 381 g/mol. The van der Waals surface area contributed by atoms with Gasteiger partial charge >= 0.3 is 57.4 Å². The van der Waals surface area contributed by atoms with E-state index in [2.05, 4.69) is 4.74 Å². The third-order valence-electron chi connectivity index (χ3n) is 2.22. The molecule has 1 aromatic carbocycles. The van der Waals surface area contributed by atoms with Crippen molar-refractivity contribution in [3.8, 4) is 5.75 Å². The second-order valence-electron chi connectivity index (χ2n) is 3.78. The molecule has 0 aromatic heterocycles. The summed E-state index contributed by atoms with van der Waals surface area (Å²) in [6.45, 7) is 0.910. The Morgan fingerprint density at radius 3 is 2.57 bits per heavy atom. The molecule has 0 bridgehead atoms. The van der Waals surface area contributed by atoms with Gasteiger partial charge in [0.1, 0.15) is 5.75 Å². The van der Waals surface area contributed by atoms with Crippen molar-refractivity contribution in [2.75, 3.05) is 6.61 Å². The molecule has 0 spiro atoms. The molecular weight excluding hydrogens is 369 g/mol. The molecule has 1 aromatic rings. The predicted octanol–water partition coefficient (Wildman–Crippen LogP) is -0.799. The summed E-state index contributed by atoms with van der Waals surface area (Å²) < 4.78 is 20.6. The van der Waals surface area contributed by atoms with Gasteiger partial charge in [-0.2, -0.15) is 0 Å². The van der Waals surface area contributed by atoms with Gasteiger partial charge in [-0.15, -0.1) is 0 Å². The average Bonchev–Trinajstić information content (AvgIpc) is 2.33. The number of ether oxygens (including phenoxy) is 2. The zero-order chi connectivity index (χ0) is 15.3. The third-order valence-corrected chi connectivity index (χ3v) is 3.95. The molecule has 2 atom stereocenters.